The van der Waals surface area contributed by atoms with E-state index in [1.165, 1.54) is 88.7 Å². The lowest BCUT2D eigenvalue weighted by Gasteiger charge is -2.30. The van der Waals surface area contributed by atoms with Crippen molar-refractivity contribution >= 4 is 38.6 Å². The molecule has 9 rings (SSSR count). The minimum absolute atomic E-state index is 0.0865. The second-order valence-electron chi connectivity index (χ2n) is 16.3. The molecule has 0 saturated carbocycles. The third-order valence-corrected chi connectivity index (χ3v) is 11.6. The van der Waals surface area contributed by atoms with E-state index in [0.29, 0.717) is 0 Å². The predicted molar refractivity (Wildman–Crippen MR) is 210 cm³/mol. The van der Waals surface area contributed by atoms with Gasteiger partial charge in [0.05, 0.1) is 0 Å². The Balaban J connectivity index is 1.22. The molecule has 2 aliphatic rings. The van der Waals surface area contributed by atoms with E-state index in [4.69, 9.17) is 0 Å². The smallest absolute Gasteiger partial charge is 0.0465 e. The molecule has 0 aliphatic heterocycles. The third-order valence-electron chi connectivity index (χ3n) is 11.6. The minimum atomic E-state index is -0.115. The van der Waals surface area contributed by atoms with E-state index >= 15 is 0 Å². The number of benzene rings is 7. The van der Waals surface area contributed by atoms with Gasteiger partial charge < -0.3 is 4.90 Å². The van der Waals surface area contributed by atoms with Crippen LogP contribution in [0.4, 0.5) is 17.1 Å². The summed E-state index contributed by atoms with van der Waals surface area (Å²) in [5.74, 6) is 0. The first-order valence-corrected chi connectivity index (χ1v) is 17.7. The van der Waals surface area contributed by atoms with Gasteiger partial charge in [0.2, 0.25) is 0 Å². The Kier molecular flexibility index (Phi) is 6.23. The molecule has 0 radical (unpaired) electrons. The summed E-state index contributed by atoms with van der Waals surface area (Å²) in [5, 5.41) is 5.20. The van der Waals surface area contributed by atoms with Crippen LogP contribution in [0.25, 0.3) is 43.8 Å². The Bertz CT molecular complexity index is 2320. The van der Waals surface area contributed by atoms with Crippen LogP contribution < -0.4 is 4.90 Å². The highest BCUT2D eigenvalue weighted by atomic mass is 15.1. The van der Waals surface area contributed by atoms with Crippen LogP contribution in [0.3, 0.4) is 0 Å². The Hall–Kier alpha value is -5.14. The lowest BCUT2D eigenvalue weighted by molar-refractivity contribution is 0.590. The van der Waals surface area contributed by atoms with Gasteiger partial charge in [-0.3, -0.25) is 0 Å². The van der Waals surface area contributed by atoms with Crippen molar-refractivity contribution in [3.05, 3.63) is 161 Å². The zero-order valence-electron chi connectivity index (χ0n) is 29.6. The number of hydrogen-bond acceptors (Lipinski definition) is 1. The van der Waals surface area contributed by atoms with Crippen molar-refractivity contribution in [2.24, 2.45) is 0 Å². The van der Waals surface area contributed by atoms with E-state index < -0.39 is 0 Å². The average molecular weight is 634 g/mol. The maximum atomic E-state index is 2.47. The van der Waals surface area contributed by atoms with Crippen LogP contribution in [0.15, 0.2) is 133 Å². The van der Waals surface area contributed by atoms with Gasteiger partial charge in [-0.15, -0.1) is 0 Å². The van der Waals surface area contributed by atoms with E-state index in [-0.39, 0.29) is 16.2 Å². The van der Waals surface area contributed by atoms with Gasteiger partial charge in [0.15, 0.2) is 0 Å². The summed E-state index contributed by atoms with van der Waals surface area (Å²) in [6.07, 6.45) is 0. The molecule has 0 heterocycles. The van der Waals surface area contributed by atoms with Gasteiger partial charge in [-0.25, -0.2) is 0 Å². The normalized spacial score (nSPS) is 15.2. The van der Waals surface area contributed by atoms with Gasteiger partial charge in [0.25, 0.3) is 0 Å². The van der Waals surface area contributed by atoms with E-state index in [1.54, 1.807) is 0 Å². The summed E-state index contributed by atoms with van der Waals surface area (Å²) >= 11 is 0. The van der Waals surface area contributed by atoms with Gasteiger partial charge >= 0.3 is 0 Å². The van der Waals surface area contributed by atoms with Crippen molar-refractivity contribution in [3.63, 3.8) is 0 Å². The fourth-order valence-electron chi connectivity index (χ4n) is 8.65. The molecule has 0 N–H and O–H groups in total. The first-order valence-electron chi connectivity index (χ1n) is 17.7. The second-order valence-corrected chi connectivity index (χ2v) is 16.3. The monoisotopic (exact) mass is 633 g/mol. The summed E-state index contributed by atoms with van der Waals surface area (Å²) in [4.78, 5) is 2.47. The zero-order chi connectivity index (χ0) is 33.9. The quantitative estimate of drug-likeness (QED) is 0.187. The Morgan fingerprint density at radius 2 is 0.755 bits per heavy atom. The van der Waals surface area contributed by atoms with Crippen molar-refractivity contribution in [1.82, 2.24) is 0 Å². The Morgan fingerprint density at radius 3 is 1.16 bits per heavy atom. The van der Waals surface area contributed by atoms with Crippen molar-refractivity contribution in [3.8, 4) is 22.3 Å². The zero-order valence-corrected chi connectivity index (χ0v) is 29.6. The average Bonchev–Trinajstić information content (AvgIpc) is 3.44. The van der Waals surface area contributed by atoms with Gasteiger partial charge in [0, 0.05) is 27.9 Å². The molecule has 7 aromatic carbocycles. The number of anilines is 3. The molecule has 0 unspecified atom stereocenters. The molecule has 0 fully saturated rings. The molecule has 2 aliphatic carbocycles. The molecule has 0 saturated heterocycles. The van der Waals surface area contributed by atoms with Crippen molar-refractivity contribution < 1.29 is 0 Å². The van der Waals surface area contributed by atoms with Crippen LogP contribution in [0.1, 0.15) is 76.3 Å². The summed E-state index contributed by atoms with van der Waals surface area (Å²) in [5.41, 5.74) is 15.7. The van der Waals surface area contributed by atoms with E-state index in [9.17, 15) is 0 Å². The van der Waals surface area contributed by atoms with Gasteiger partial charge in [0.1, 0.15) is 0 Å². The van der Waals surface area contributed by atoms with Crippen molar-refractivity contribution in [2.45, 2.75) is 64.7 Å². The number of rotatable bonds is 3. The molecule has 0 spiro atoms. The third kappa shape index (κ3) is 4.45. The van der Waals surface area contributed by atoms with Gasteiger partial charge in [-0.05, 0) is 138 Å². The molecule has 49 heavy (non-hydrogen) atoms. The lowest BCUT2D eigenvalue weighted by atomic mass is 9.81. The van der Waals surface area contributed by atoms with Crippen LogP contribution in [0.5, 0.6) is 0 Å². The first kappa shape index (κ1) is 30.0. The fraction of sp³-hybridized carbons (Fsp3) is 0.208. The van der Waals surface area contributed by atoms with Crippen LogP contribution in [0, 0.1) is 0 Å². The maximum absolute atomic E-state index is 2.47. The minimum Gasteiger partial charge on any atom is -0.310 e. The number of nitrogens with zero attached hydrogens (tertiary/aromatic N) is 1. The molecular weight excluding hydrogens is 591 g/mol. The lowest BCUT2D eigenvalue weighted by Crippen LogP contribution is -2.18. The Morgan fingerprint density at radius 1 is 0.388 bits per heavy atom. The predicted octanol–water partition coefficient (Wildman–Crippen LogP) is 13.4. The summed E-state index contributed by atoms with van der Waals surface area (Å²) in [7, 11) is 0. The molecule has 1 nitrogen and oxygen atoms in total. The van der Waals surface area contributed by atoms with Gasteiger partial charge in [-0.2, -0.15) is 0 Å². The molecule has 7 aromatic rings. The molecule has 0 atom stereocenters. The molecule has 0 bridgehead atoms. The molecule has 240 valence electrons. The van der Waals surface area contributed by atoms with Crippen LogP contribution in [-0.4, -0.2) is 0 Å². The summed E-state index contributed by atoms with van der Waals surface area (Å²) in [6, 6.07) is 50.6. The number of hydrogen-bond donors (Lipinski definition) is 0. The summed E-state index contributed by atoms with van der Waals surface area (Å²) < 4.78 is 0. The van der Waals surface area contributed by atoms with Crippen LogP contribution in [0.2, 0.25) is 0 Å². The molecule has 0 amide bonds. The largest absolute Gasteiger partial charge is 0.310 e. The molecule has 0 aromatic heterocycles. The highest BCUT2D eigenvalue weighted by Crippen LogP contribution is 2.54. The number of fused-ring (bicyclic) bond motifs is 8. The van der Waals surface area contributed by atoms with E-state index in [2.05, 4.69) is 187 Å². The summed E-state index contributed by atoms with van der Waals surface area (Å²) in [6.45, 7) is 16.4. The highest BCUT2D eigenvalue weighted by molar-refractivity contribution is 5.96. The van der Waals surface area contributed by atoms with Crippen molar-refractivity contribution in [1.29, 1.82) is 0 Å². The van der Waals surface area contributed by atoms with Gasteiger partial charge in [-0.1, -0.05) is 121 Å². The standard InChI is InChI=1S/C48H43N/c1-46(2,3)34-16-18-35(19-17-34)49(36-20-22-38-40-24-30-12-8-10-14-32(30)26-42(40)47(4,5)44(38)28-36)37-21-23-39-41-25-31-13-9-11-15-33(31)27-43(41)48(6,7)45(39)29-37/h8-29H,1-7H3. The topological polar surface area (TPSA) is 3.24 Å². The van der Waals surface area contributed by atoms with E-state index in [0.717, 1.165) is 0 Å². The Labute approximate surface area is 290 Å². The first-order chi connectivity index (χ1) is 23.4. The van der Waals surface area contributed by atoms with Crippen LogP contribution in [-0.2, 0) is 16.2 Å². The fourth-order valence-corrected chi connectivity index (χ4v) is 8.65. The highest BCUT2D eigenvalue weighted by Gasteiger charge is 2.38. The second kappa shape index (κ2) is 10.2. The SMILES string of the molecule is CC(C)(C)c1ccc(N(c2ccc3c(c2)C(C)(C)c2cc4ccccc4cc2-3)c2ccc3c(c2)C(C)(C)c2cc4ccccc4cc2-3)cc1. The van der Waals surface area contributed by atoms with Crippen molar-refractivity contribution in [2.75, 3.05) is 4.90 Å². The van der Waals surface area contributed by atoms with Crippen LogP contribution >= 0.6 is 0 Å². The van der Waals surface area contributed by atoms with E-state index in [1.807, 2.05) is 0 Å². The molecular formula is C48H43N. The molecule has 1 heteroatoms. The maximum Gasteiger partial charge on any atom is 0.0465 e.